The molecule has 1 aliphatic rings. The Balaban J connectivity index is 1.56. The monoisotopic (exact) mass is 424 g/mol. The van der Waals surface area contributed by atoms with Gasteiger partial charge in [-0.25, -0.2) is 9.67 Å². The molecule has 8 nitrogen and oxygen atoms in total. The van der Waals surface area contributed by atoms with Crippen molar-refractivity contribution in [3.8, 4) is 0 Å². The number of pyridine rings is 1. The third-order valence-electron chi connectivity index (χ3n) is 5.04. The lowest BCUT2D eigenvalue weighted by atomic mass is 10.1. The van der Waals surface area contributed by atoms with Crippen molar-refractivity contribution in [3.05, 3.63) is 62.8 Å². The Kier molecular flexibility index (Phi) is 5.63. The van der Waals surface area contributed by atoms with E-state index in [1.807, 2.05) is 36.3 Å². The molecular weight excluding hydrogens is 400 g/mol. The lowest BCUT2D eigenvalue weighted by Gasteiger charge is -2.25. The molecule has 1 fully saturated rings. The van der Waals surface area contributed by atoms with E-state index < -0.39 is 0 Å². The number of carbonyl (C=O) groups excluding carboxylic acids is 1. The Labute approximate surface area is 178 Å². The standard InChI is InChI=1S/C21H24N6O2S/c1-13-6-7-19(28)27(25-13)11-20(29)26-8-4-5-18(26)17-10-16(9-14(2)22-17)24-21-23-15(3)12-30-21/h6-7,9-10,12,18H,4-5,8,11H2,1-3H3,(H,22,23,24)/t18-/m1/s1. The highest BCUT2D eigenvalue weighted by molar-refractivity contribution is 7.13. The van der Waals surface area contributed by atoms with Crippen LogP contribution in [0.15, 0.2) is 34.4 Å². The van der Waals surface area contributed by atoms with E-state index in [4.69, 9.17) is 4.98 Å². The van der Waals surface area contributed by atoms with Crippen LogP contribution in [0.25, 0.3) is 0 Å². The first kappa shape index (κ1) is 20.2. The maximum atomic E-state index is 13.0. The van der Waals surface area contributed by atoms with Gasteiger partial charge in [-0.05, 0) is 51.8 Å². The maximum absolute atomic E-state index is 13.0. The van der Waals surface area contributed by atoms with Gasteiger partial charge in [0, 0.05) is 29.4 Å². The fraction of sp³-hybridized carbons (Fsp3) is 0.381. The molecule has 0 unspecified atom stereocenters. The summed E-state index contributed by atoms with van der Waals surface area (Å²) in [6.07, 6.45) is 1.74. The van der Waals surface area contributed by atoms with E-state index in [0.29, 0.717) is 12.2 Å². The number of aromatic nitrogens is 4. The van der Waals surface area contributed by atoms with Gasteiger partial charge in [0.2, 0.25) is 5.91 Å². The molecule has 1 saturated heterocycles. The van der Waals surface area contributed by atoms with Crippen LogP contribution >= 0.6 is 11.3 Å². The van der Waals surface area contributed by atoms with Gasteiger partial charge in [0.05, 0.1) is 23.1 Å². The quantitative estimate of drug-likeness (QED) is 0.676. The van der Waals surface area contributed by atoms with Crippen LogP contribution in [0.1, 0.15) is 41.7 Å². The van der Waals surface area contributed by atoms with Crippen LogP contribution < -0.4 is 10.9 Å². The lowest BCUT2D eigenvalue weighted by molar-refractivity contribution is -0.133. The molecule has 1 aliphatic heterocycles. The molecule has 1 atom stereocenters. The van der Waals surface area contributed by atoms with Gasteiger partial charge >= 0.3 is 0 Å². The molecule has 3 aromatic rings. The Bertz CT molecular complexity index is 1140. The molecule has 4 rings (SSSR count). The molecule has 0 radical (unpaired) electrons. The summed E-state index contributed by atoms with van der Waals surface area (Å²) in [7, 11) is 0. The molecule has 3 aromatic heterocycles. The van der Waals surface area contributed by atoms with Gasteiger partial charge in [0.25, 0.3) is 5.56 Å². The molecule has 0 aliphatic carbocycles. The van der Waals surface area contributed by atoms with Gasteiger partial charge in [-0.15, -0.1) is 11.3 Å². The molecule has 0 bridgehead atoms. The molecule has 0 aromatic carbocycles. The van der Waals surface area contributed by atoms with Gasteiger partial charge in [-0.3, -0.25) is 14.6 Å². The van der Waals surface area contributed by atoms with E-state index in [2.05, 4.69) is 15.4 Å². The lowest BCUT2D eigenvalue weighted by Crippen LogP contribution is -2.37. The fourth-order valence-corrected chi connectivity index (χ4v) is 4.44. The first-order valence-corrected chi connectivity index (χ1v) is 10.8. The summed E-state index contributed by atoms with van der Waals surface area (Å²) < 4.78 is 1.23. The third kappa shape index (κ3) is 4.40. The summed E-state index contributed by atoms with van der Waals surface area (Å²) in [5.74, 6) is -0.119. The number of hydrogen-bond donors (Lipinski definition) is 1. The molecular formula is C21H24N6O2S. The van der Waals surface area contributed by atoms with Gasteiger partial charge in [0.1, 0.15) is 6.54 Å². The van der Waals surface area contributed by atoms with Gasteiger partial charge in [-0.2, -0.15) is 5.10 Å². The average molecular weight is 425 g/mol. The zero-order valence-corrected chi connectivity index (χ0v) is 18.1. The zero-order chi connectivity index (χ0) is 21.3. The second kappa shape index (κ2) is 8.35. The number of hydrogen-bond acceptors (Lipinski definition) is 7. The average Bonchev–Trinajstić information content (AvgIpc) is 3.33. The zero-order valence-electron chi connectivity index (χ0n) is 17.3. The van der Waals surface area contributed by atoms with Gasteiger partial charge in [-0.1, -0.05) is 0 Å². The number of nitrogens with one attached hydrogen (secondary N) is 1. The van der Waals surface area contributed by atoms with E-state index in [-0.39, 0.29) is 24.1 Å². The first-order chi connectivity index (χ1) is 14.4. The summed E-state index contributed by atoms with van der Waals surface area (Å²) in [6.45, 7) is 6.29. The number of likely N-dealkylation sites (tertiary alicyclic amines) is 1. The molecule has 156 valence electrons. The predicted molar refractivity (Wildman–Crippen MR) is 116 cm³/mol. The van der Waals surface area contributed by atoms with Crippen molar-refractivity contribution in [2.45, 2.75) is 46.2 Å². The number of thiazole rings is 1. The SMILES string of the molecule is Cc1cc(Nc2nc(C)cs2)cc([C@H]2CCCN2C(=O)Cn2nc(C)ccc2=O)n1. The highest BCUT2D eigenvalue weighted by Gasteiger charge is 2.31. The smallest absolute Gasteiger partial charge is 0.267 e. The Morgan fingerprint density at radius 1 is 1.17 bits per heavy atom. The molecule has 1 N–H and O–H groups in total. The summed E-state index contributed by atoms with van der Waals surface area (Å²) in [4.78, 5) is 36.0. The van der Waals surface area contributed by atoms with Crippen LogP contribution in [0.4, 0.5) is 10.8 Å². The van der Waals surface area contributed by atoms with Crippen molar-refractivity contribution in [3.63, 3.8) is 0 Å². The van der Waals surface area contributed by atoms with Crippen molar-refractivity contribution in [1.82, 2.24) is 24.6 Å². The topological polar surface area (TPSA) is 93.0 Å². The number of carbonyl (C=O) groups is 1. The summed E-state index contributed by atoms with van der Waals surface area (Å²) >= 11 is 1.55. The highest BCUT2D eigenvalue weighted by Crippen LogP contribution is 2.33. The predicted octanol–water partition coefficient (Wildman–Crippen LogP) is 3.13. The molecule has 4 heterocycles. The molecule has 30 heavy (non-hydrogen) atoms. The van der Waals surface area contributed by atoms with Gasteiger partial charge in [0.15, 0.2) is 5.13 Å². The Morgan fingerprint density at radius 3 is 2.77 bits per heavy atom. The van der Waals surface area contributed by atoms with Crippen LogP contribution in [0.5, 0.6) is 0 Å². The van der Waals surface area contributed by atoms with Crippen molar-refractivity contribution < 1.29 is 4.79 Å². The number of nitrogens with zero attached hydrogens (tertiary/aromatic N) is 5. The number of aryl methyl sites for hydroxylation is 3. The molecule has 0 spiro atoms. The van der Waals surface area contributed by atoms with E-state index in [9.17, 15) is 9.59 Å². The highest BCUT2D eigenvalue weighted by atomic mass is 32.1. The molecule has 9 heteroatoms. The van der Waals surface area contributed by atoms with E-state index >= 15 is 0 Å². The second-order valence-corrected chi connectivity index (χ2v) is 8.41. The summed E-state index contributed by atoms with van der Waals surface area (Å²) in [5, 5.41) is 10.3. The van der Waals surface area contributed by atoms with Crippen LogP contribution in [-0.4, -0.2) is 37.1 Å². The number of anilines is 2. The second-order valence-electron chi connectivity index (χ2n) is 7.56. The maximum Gasteiger partial charge on any atom is 0.267 e. The third-order valence-corrected chi connectivity index (χ3v) is 5.92. The first-order valence-electron chi connectivity index (χ1n) is 9.91. The Morgan fingerprint density at radius 2 is 2.00 bits per heavy atom. The minimum atomic E-state index is -0.274. The summed E-state index contributed by atoms with van der Waals surface area (Å²) in [5.41, 5.74) is 4.03. The summed E-state index contributed by atoms with van der Waals surface area (Å²) in [6, 6.07) is 6.93. The van der Waals surface area contributed by atoms with Crippen molar-refractivity contribution in [2.24, 2.45) is 0 Å². The van der Waals surface area contributed by atoms with E-state index in [1.165, 1.54) is 10.7 Å². The van der Waals surface area contributed by atoms with Crippen LogP contribution in [0.2, 0.25) is 0 Å². The van der Waals surface area contributed by atoms with E-state index in [0.717, 1.165) is 40.7 Å². The normalized spacial score (nSPS) is 16.1. The van der Waals surface area contributed by atoms with Crippen LogP contribution in [-0.2, 0) is 11.3 Å². The number of rotatable bonds is 5. The Hall–Kier alpha value is -3.07. The van der Waals surface area contributed by atoms with Crippen molar-refractivity contribution in [2.75, 3.05) is 11.9 Å². The van der Waals surface area contributed by atoms with Crippen molar-refractivity contribution in [1.29, 1.82) is 0 Å². The van der Waals surface area contributed by atoms with Crippen molar-refractivity contribution >= 4 is 28.1 Å². The van der Waals surface area contributed by atoms with Gasteiger partial charge < -0.3 is 10.2 Å². The van der Waals surface area contributed by atoms with E-state index in [1.54, 1.807) is 24.3 Å². The minimum absolute atomic E-state index is 0.0632. The minimum Gasteiger partial charge on any atom is -0.332 e. The van der Waals surface area contributed by atoms with Crippen LogP contribution in [0, 0.1) is 20.8 Å². The largest absolute Gasteiger partial charge is 0.332 e. The molecule has 1 amide bonds. The number of amides is 1. The molecule has 0 saturated carbocycles. The fourth-order valence-electron chi connectivity index (χ4n) is 3.73. The van der Waals surface area contributed by atoms with Crippen LogP contribution in [0.3, 0.4) is 0 Å².